The second kappa shape index (κ2) is 5.54. The first-order valence-electron chi connectivity index (χ1n) is 5.61. The Morgan fingerprint density at radius 3 is 2.25 bits per heavy atom. The minimum absolute atomic E-state index is 0.0331. The summed E-state index contributed by atoms with van der Waals surface area (Å²) in [5.41, 5.74) is 2.13. The van der Waals surface area contributed by atoms with Gasteiger partial charge in [-0.25, -0.2) is 4.79 Å². The zero-order chi connectivity index (χ0) is 12.1. The summed E-state index contributed by atoms with van der Waals surface area (Å²) in [7, 11) is 3.63. The highest BCUT2D eigenvalue weighted by molar-refractivity contribution is 5.91. The molecule has 1 rings (SSSR count). The molecule has 0 N–H and O–H groups in total. The van der Waals surface area contributed by atoms with E-state index in [1.54, 1.807) is 16.8 Å². The number of carbonyl (C=O) groups excluding carboxylic acids is 1. The van der Waals surface area contributed by atoms with Gasteiger partial charge in [0.1, 0.15) is 0 Å². The third-order valence-electron chi connectivity index (χ3n) is 2.59. The minimum atomic E-state index is 0.0331. The van der Waals surface area contributed by atoms with Crippen LogP contribution in [0, 0.1) is 6.92 Å². The molecule has 0 aliphatic rings. The molecule has 0 aliphatic carbocycles. The lowest BCUT2D eigenvalue weighted by molar-refractivity contribution is 0.217. The van der Waals surface area contributed by atoms with E-state index in [0.717, 1.165) is 18.7 Å². The zero-order valence-corrected chi connectivity index (χ0v) is 10.5. The Balaban J connectivity index is 2.73. The Morgan fingerprint density at radius 1 is 1.19 bits per heavy atom. The summed E-state index contributed by atoms with van der Waals surface area (Å²) in [4.78, 5) is 15.4. The van der Waals surface area contributed by atoms with Gasteiger partial charge in [-0.2, -0.15) is 0 Å². The fourth-order valence-corrected chi connectivity index (χ4v) is 1.57. The van der Waals surface area contributed by atoms with Crippen LogP contribution in [0.4, 0.5) is 10.5 Å². The first-order chi connectivity index (χ1) is 7.56. The molecule has 1 aromatic rings. The van der Waals surface area contributed by atoms with Crippen molar-refractivity contribution in [3.05, 3.63) is 29.8 Å². The van der Waals surface area contributed by atoms with Gasteiger partial charge in [-0.15, -0.1) is 0 Å². The first kappa shape index (κ1) is 12.6. The molecule has 2 amide bonds. The molecule has 88 valence electrons. The largest absolute Gasteiger partial charge is 0.327 e. The van der Waals surface area contributed by atoms with E-state index in [9.17, 15) is 4.79 Å². The third-order valence-corrected chi connectivity index (χ3v) is 2.59. The highest BCUT2D eigenvalue weighted by Crippen LogP contribution is 2.14. The maximum atomic E-state index is 12.0. The number of hydrogen-bond donors (Lipinski definition) is 0. The van der Waals surface area contributed by atoms with Crippen LogP contribution in [-0.2, 0) is 0 Å². The van der Waals surface area contributed by atoms with Crippen molar-refractivity contribution in [2.24, 2.45) is 0 Å². The lowest BCUT2D eigenvalue weighted by Crippen LogP contribution is -2.39. The quantitative estimate of drug-likeness (QED) is 0.768. The van der Waals surface area contributed by atoms with Crippen LogP contribution < -0.4 is 4.90 Å². The summed E-state index contributed by atoms with van der Waals surface area (Å²) < 4.78 is 0. The number of urea groups is 1. The van der Waals surface area contributed by atoms with Crippen LogP contribution in [0.5, 0.6) is 0 Å². The topological polar surface area (TPSA) is 23.6 Å². The van der Waals surface area contributed by atoms with Gasteiger partial charge < -0.3 is 4.90 Å². The van der Waals surface area contributed by atoms with Gasteiger partial charge in [0, 0.05) is 26.3 Å². The number of anilines is 1. The molecule has 16 heavy (non-hydrogen) atoms. The van der Waals surface area contributed by atoms with Crippen LogP contribution in [-0.4, -0.2) is 31.6 Å². The number of hydrogen-bond acceptors (Lipinski definition) is 1. The smallest absolute Gasteiger partial charge is 0.323 e. The molecule has 1 aromatic carbocycles. The summed E-state index contributed by atoms with van der Waals surface area (Å²) >= 11 is 0. The summed E-state index contributed by atoms with van der Waals surface area (Å²) in [6.45, 7) is 4.89. The lowest BCUT2D eigenvalue weighted by atomic mass is 10.2. The maximum absolute atomic E-state index is 12.0. The van der Waals surface area contributed by atoms with Crippen LogP contribution in [0.25, 0.3) is 0 Å². The van der Waals surface area contributed by atoms with E-state index in [1.165, 1.54) is 5.56 Å². The van der Waals surface area contributed by atoms with Crippen molar-refractivity contribution in [2.75, 3.05) is 25.5 Å². The molecule has 3 heteroatoms. The first-order valence-corrected chi connectivity index (χ1v) is 5.61. The highest BCUT2D eigenvalue weighted by Gasteiger charge is 2.14. The Bertz CT molecular complexity index is 345. The molecule has 0 bridgehead atoms. The van der Waals surface area contributed by atoms with Crippen molar-refractivity contribution in [3.8, 4) is 0 Å². The van der Waals surface area contributed by atoms with E-state index >= 15 is 0 Å². The van der Waals surface area contributed by atoms with E-state index in [-0.39, 0.29) is 6.03 Å². The van der Waals surface area contributed by atoms with E-state index < -0.39 is 0 Å². The number of carbonyl (C=O) groups is 1. The van der Waals surface area contributed by atoms with Crippen molar-refractivity contribution in [1.82, 2.24) is 4.90 Å². The van der Waals surface area contributed by atoms with Gasteiger partial charge in [-0.3, -0.25) is 4.90 Å². The number of amides is 2. The molecule has 0 spiro atoms. The molecule has 3 nitrogen and oxygen atoms in total. The fraction of sp³-hybridized carbons (Fsp3) is 0.462. The van der Waals surface area contributed by atoms with E-state index in [2.05, 4.69) is 6.92 Å². The molecular formula is C13H20N2O. The average Bonchev–Trinajstić information content (AvgIpc) is 2.28. The van der Waals surface area contributed by atoms with Crippen LogP contribution in [0.1, 0.15) is 18.9 Å². The summed E-state index contributed by atoms with van der Waals surface area (Å²) in [6.07, 6.45) is 0.976. The van der Waals surface area contributed by atoms with E-state index in [1.807, 2.05) is 38.2 Å². The van der Waals surface area contributed by atoms with Gasteiger partial charge in [-0.05, 0) is 25.5 Å². The van der Waals surface area contributed by atoms with Crippen molar-refractivity contribution in [2.45, 2.75) is 20.3 Å². The molecule has 0 unspecified atom stereocenters. The summed E-state index contributed by atoms with van der Waals surface area (Å²) in [5.74, 6) is 0. The fourth-order valence-electron chi connectivity index (χ4n) is 1.57. The summed E-state index contributed by atoms with van der Waals surface area (Å²) in [5, 5.41) is 0. The zero-order valence-electron chi connectivity index (χ0n) is 10.5. The second-order valence-electron chi connectivity index (χ2n) is 4.10. The monoisotopic (exact) mass is 220 g/mol. The van der Waals surface area contributed by atoms with Gasteiger partial charge in [0.2, 0.25) is 0 Å². The second-order valence-corrected chi connectivity index (χ2v) is 4.10. The van der Waals surface area contributed by atoms with Gasteiger partial charge in [0.15, 0.2) is 0 Å². The molecule has 0 saturated heterocycles. The number of nitrogens with zero attached hydrogens (tertiary/aromatic N) is 2. The molecule has 0 fully saturated rings. The maximum Gasteiger partial charge on any atom is 0.323 e. The van der Waals surface area contributed by atoms with Gasteiger partial charge in [0.05, 0.1) is 0 Å². The van der Waals surface area contributed by atoms with Gasteiger partial charge >= 0.3 is 6.03 Å². The standard InChI is InChI=1S/C13H20N2O/c1-5-10-14(3)13(16)15(4)12-8-6-11(2)7-9-12/h6-9H,5,10H2,1-4H3. The van der Waals surface area contributed by atoms with Crippen LogP contribution in [0.2, 0.25) is 0 Å². The molecule has 0 radical (unpaired) electrons. The van der Waals surface area contributed by atoms with Crippen LogP contribution in [0.15, 0.2) is 24.3 Å². The van der Waals surface area contributed by atoms with Gasteiger partial charge in [0.25, 0.3) is 0 Å². The normalized spacial score (nSPS) is 10.0. The third kappa shape index (κ3) is 2.99. The lowest BCUT2D eigenvalue weighted by Gasteiger charge is -2.24. The van der Waals surface area contributed by atoms with Crippen molar-refractivity contribution in [3.63, 3.8) is 0 Å². The Hall–Kier alpha value is -1.51. The number of rotatable bonds is 3. The highest BCUT2D eigenvalue weighted by atomic mass is 16.2. The number of aryl methyl sites for hydroxylation is 1. The van der Waals surface area contributed by atoms with Crippen LogP contribution in [0.3, 0.4) is 0 Å². The molecule has 0 saturated carbocycles. The average molecular weight is 220 g/mol. The molecular weight excluding hydrogens is 200 g/mol. The molecule has 0 heterocycles. The predicted molar refractivity (Wildman–Crippen MR) is 67.9 cm³/mol. The Morgan fingerprint density at radius 2 is 1.75 bits per heavy atom. The molecule has 0 aliphatic heterocycles. The predicted octanol–water partition coefficient (Wildman–Crippen LogP) is 2.89. The Kier molecular flexibility index (Phi) is 4.35. The molecule has 0 aromatic heterocycles. The van der Waals surface area contributed by atoms with E-state index in [4.69, 9.17) is 0 Å². The summed E-state index contributed by atoms with van der Waals surface area (Å²) in [6, 6.07) is 7.99. The van der Waals surface area contributed by atoms with Crippen LogP contribution >= 0.6 is 0 Å². The van der Waals surface area contributed by atoms with Crippen molar-refractivity contribution in [1.29, 1.82) is 0 Å². The SMILES string of the molecule is CCCN(C)C(=O)N(C)c1ccc(C)cc1. The number of benzene rings is 1. The van der Waals surface area contributed by atoms with Gasteiger partial charge in [-0.1, -0.05) is 24.6 Å². The minimum Gasteiger partial charge on any atom is -0.327 e. The Labute approximate surface area is 97.7 Å². The molecule has 0 atom stereocenters. The van der Waals surface area contributed by atoms with E-state index in [0.29, 0.717) is 0 Å². The van der Waals surface area contributed by atoms with Crippen molar-refractivity contribution >= 4 is 11.7 Å². The van der Waals surface area contributed by atoms with Crippen molar-refractivity contribution < 1.29 is 4.79 Å².